The van der Waals surface area contributed by atoms with Gasteiger partial charge >= 0.3 is 0 Å². The molecule has 3 heteroatoms. The average molecular weight is 290 g/mol. The molecule has 0 heterocycles. The van der Waals surface area contributed by atoms with Crippen LogP contribution in [0.2, 0.25) is 0 Å². The molecule has 1 atom stereocenters. The van der Waals surface area contributed by atoms with E-state index in [-0.39, 0.29) is 11.2 Å². The van der Waals surface area contributed by atoms with Gasteiger partial charge in [-0.25, -0.2) is 0 Å². The third-order valence-electron chi connectivity index (χ3n) is 2.48. The van der Waals surface area contributed by atoms with Crippen LogP contribution in [-0.4, -0.2) is 5.24 Å². The number of carbonyl (C=O) groups is 1. The first kappa shape index (κ1) is 12.7. The number of hydrogen-bond donors (Lipinski definition) is 0. The molecule has 1 rings (SSSR count). The Labute approximate surface area is 104 Å². The Balaban J connectivity index is 2.88. The maximum atomic E-state index is 11.0. The molecule has 0 aliphatic heterocycles. The van der Waals surface area contributed by atoms with Crippen LogP contribution in [0.15, 0.2) is 28.7 Å². The van der Waals surface area contributed by atoms with Gasteiger partial charge in [0.15, 0.2) is 0 Å². The molecule has 0 radical (unpaired) electrons. The number of benzene rings is 1. The molecule has 1 nitrogen and oxygen atoms in total. The minimum Gasteiger partial charge on any atom is -0.281 e. The summed E-state index contributed by atoms with van der Waals surface area (Å²) >= 11 is 8.84. The van der Waals surface area contributed by atoms with Crippen LogP contribution in [0.4, 0.5) is 0 Å². The second kappa shape index (κ2) is 5.66. The van der Waals surface area contributed by atoms with E-state index in [1.807, 2.05) is 24.3 Å². The highest BCUT2D eigenvalue weighted by Crippen LogP contribution is 2.29. The van der Waals surface area contributed by atoms with E-state index in [0.29, 0.717) is 12.3 Å². The first-order valence-corrected chi connectivity index (χ1v) is 6.11. The Morgan fingerprint density at radius 3 is 2.27 bits per heavy atom. The SMILES string of the molecule is CC(C)C(CC(=O)Cl)c1ccc(Br)cc1. The van der Waals surface area contributed by atoms with Crippen LogP contribution >= 0.6 is 27.5 Å². The Bertz CT molecular complexity index is 332. The number of rotatable bonds is 4. The van der Waals surface area contributed by atoms with Gasteiger partial charge in [0.05, 0.1) is 0 Å². The van der Waals surface area contributed by atoms with Crippen molar-refractivity contribution in [3.63, 3.8) is 0 Å². The second-order valence-corrected chi connectivity index (χ2v) is 5.30. The molecule has 0 N–H and O–H groups in total. The van der Waals surface area contributed by atoms with Gasteiger partial charge in [0, 0.05) is 10.9 Å². The standard InChI is InChI=1S/C12H14BrClO/c1-8(2)11(7-12(14)15)9-3-5-10(13)6-4-9/h3-6,8,11H,7H2,1-2H3. The first-order valence-electron chi connectivity index (χ1n) is 4.94. The van der Waals surface area contributed by atoms with Gasteiger partial charge in [-0.05, 0) is 41.1 Å². The van der Waals surface area contributed by atoms with Crippen LogP contribution in [0.1, 0.15) is 31.7 Å². The fourth-order valence-corrected chi connectivity index (χ4v) is 2.05. The lowest BCUT2D eigenvalue weighted by Crippen LogP contribution is -2.09. The van der Waals surface area contributed by atoms with Crippen molar-refractivity contribution in [2.45, 2.75) is 26.2 Å². The lowest BCUT2D eigenvalue weighted by Gasteiger charge is -2.19. The minimum atomic E-state index is -0.267. The Hall–Kier alpha value is -0.340. The highest BCUT2D eigenvalue weighted by Gasteiger charge is 2.18. The quantitative estimate of drug-likeness (QED) is 0.753. The lowest BCUT2D eigenvalue weighted by molar-refractivity contribution is -0.112. The molecular weight excluding hydrogens is 275 g/mol. The summed E-state index contributed by atoms with van der Waals surface area (Å²) in [5, 5.41) is -0.267. The molecule has 0 amide bonds. The molecule has 0 saturated carbocycles. The summed E-state index contributed by atoms with van der Waals surface area (Å²) in [6, 6.07) is 8.05. The predicted molar refractivity (Wildman–Crippen MR) is 67.2 cm³/mol. The van der Waals surface area contributed by atoms with Crippen LogP contribution in [0.5, 0.6) is 0 Å². The van der Waals surface area contributed by atoms with Crippen molar-refractivity contribution in [3.8, 4) is 0 Å². The number of hydrogen-bond acceptors (Lipinski definition) is 1. The van der Waals surface area contributed by atoms with Crippen molar-refractivity contribution in [2.75, 3.05) is 0 Å². The van der Waals surface area contributed by atoms with E-state index < -0.39 is 0 Å². The Morgan fingerprint density at radius 1 is 1.33 bits per heavy atom. The maximum Gasteiger partial charge on any atom is 0.222 e. The number of carbonyl (C=O) groups excluding carboxylic acids is 1. The molecule has 1 unspecified atom stereocenters. The normalized spacial score (nSPS) is 12.9. The monoisotopic (exact) mass is 288 g/mol. The zero-order valence-electron chi connectivity index (χ0n) is 8.84. The van der Waals surface area contributed by atoms with Gasteiger partial charge in [0.1, 0.15) is 0 Å². The highest BCUT2D eigenvalue weighted by molar-refractivity contribution is 9.10. The van der Waals surface area contributed by atoms with Gasteiger partial charge in [0.25, 0.3) is 0 Å². The van der Waals surface area contributed by atoms with Crippen LogP contribution in [0, 0.1) is 5.92 Å². The summed E-state index contributed by atoms with van der Waals surface area (Å²) in [6.07, 6.45) is 0.404. The fourth-order valence-electron chi connectivity index (χ4n) is 1.62. The van der Waals surface area contributed by atoms with Gasteiger partial charge in [-0.2, -0.15) is 0 Å². The largest absolute Gasteiger partial charge is 0.281 e. The van der Waals surface area contributed by atoms with E-state index in [4.69, 9.17) is 11.6 Å². The smallest absolute Gasteiger partial charge is 0.222 e. The van der Waals surface area contributed by atoms with E-state index in [1.54, 1.807) is 0 Å². The van der Waals surface area contributed by atoms with Crippen LogP contribution in [-0.2, 0) is 4.79 Å². The fraction of sp³-hybridized carbons (Fsp3) is 0.417. The maximum absolute atomic E-state index is 11.0. The molecule has 1 aromatic carbocycles. The molecule has 1 aromatic rings. The van der Waals surface area contributed by atoms with Crippen LogP contribution in [0.25, 0.3) is 0 Å². The zero-order chi connectivity index (χ0) is 11.4. The van der Waals surface area contributed by atoms with E-state index in [1.165, 1.54) is 5.56 Å². The Kier molecular flexibility index (Phi) is 4.81. The highest BCUT2D eigenvalue weighted by atomic mass is 79.9. The van der Waals surface area contributed by atoms with Gasteiger partial charge < -0.3 is 0 Å². The van der Waals surface area contributed by atoms with E-state index in [0.717, 1.165) is 4.47 Å². The molecule has 0 aromatic heterocycles. The molecule has 15 heavy (non-hydrogen) atoms. The molecule has 0 aliphatic rings. The summed E-state index contributed by atoms with van der Waals surface area (Å²) in [7, 11) is 0. The molecular formula is C12H14BrClO. The van der Waals surface area contributed by atoms with Crippen LogP contribution < -0.4 is 0 Å². The van der Waals surface area contributed by atoms with Crippen LogP contribution in [0.3, 0.4) is 0 Å². The summed E-state index contributed by atoms with van der Waals surface area (Å²) in [5.74, 6) is 0.622. The van der Waals surface area contributed by atoms with E-state index in [9.17, 15) is 4.79 Å². The Morgan fingerprint density at radius 2 is 1.87 bits per heavy atom. The van der Waals surface area contributed by atoms with Crippen molar-refractivity contribution < 1.29 is 4.79 Å². The lowest BCUT2D eigenvalue weighted by atomic mass is 9.86. The van der Waals surface area contributed by atoms with Crippen molar-refractivity contribution in [3.05, 3.63) is 34.3 Å². The van der Waals surface area contributed by atoms with Gasteiger partial charge in [-0.1, -0.05) is 41.9 Å². The third kappa shape index (κ3) is 3.96. The summed E-state index contributed by atoms with van der Waals surface area (Å²) < 4.78 is 1.05. The third-order valence-corrected chi connectivity index (χ3v) is 3.17. The van der Waals surface area contributed by atoms with Gasteiger partial charge in [0.2, 0.25) is 5.24 Å². The molecule has 0 aliphatic carbocycles. The number of halogens is 2. The predicted octanol–water partition coefficient (Wildman–Crippen LogP) is 4.34. The van der Waals surface area contributed by atoms with Gasteiger partial charge in [-0.3, -0.25) is 4.79 Å². The van der Waals surface area contributed by atoms with Crippen molar-refractivity contribution in [1.29, 1.82) is 0 Å². The van der Waals surface area contributed by atoms with Crippen molar-refractivity contribution in [2.24, 2.45) is 5.92 Å². The van der Waals surface area contributed by atoms with Gasteiger partial charge in [-0.15, -0.1) is 0 Å². The van der Waals surface area contributed by atoms with Crippen molar-refractivity contribution >= 4 is 32.8 Å². The summed E-state index contributed by atoms with van der Waals surface area (Å²) in [6.45, 7) is 4.21. The molecule has 0 fully saturated rings. The van der Waals surface area contributed by atoms with E-state index in [2.05, 4.69) is 29.8 Å². The topological polar surface area (TPSA) is 17.1 Å². The second-order valence-electron chi connectivity index (χ2n) is 3.96. The molecule has 82 valence electrons. The molecule has 0 bridgehead atoms. The van der Waals surface area contributed by atoms with Crippen molar-refractivity contribution in [1.82, 2.24) is 0 Å². The van der Waals surface area contributed by atoms with E-state index >= 15 is 0 Å². The summed E-state index contributed by atoms with van der Waals surface area (Å²) in [5.41, 5.74) is 1.17. The average Bonchev–Trinajstić information content (AvgIpc) is 2.15. The minimum absolute atomic E-state index is 0.211. The first-order chi connectivity index (χ1) is 7.00. The zero-order valence-corrected chi connectivity index (χ0v) is 11.2. The molecule has 0 saturated heterocycles. The molecule has 0 spiro atoms. The summed E-state index contributed by atoms with van der Waals surface area (Å²) in [4.78, 5) is 11.0.